The Morgan fingerprint density at radius 2 is 2.19 bits per heavy atom. The van der Waals surface area contributed by atoms with Crippen molar-refractivity contribution in [2.24, 2.45) is 11.7 Å². The van der Waals surface area contributed by atoms with Gasteiger partial charge in [-0.1, -0.05) is 6.07 Å². The Kier molecular flexibility index (Phi) is 2.01. The fraction of sp³-hybridized carbons (Fsp3) is 0.500. The third-order valence-electron chi connectivity index (χ3n) is 3.69. The molecule has 2 fully saturated rings. The Bertz CT molecular complexity index is 408. The molecule has 1 aromatic heterocycles. The van der Waals surface area contributed by atoms with Crippen molar-refractivity contribution in [3.8, 4) is 0 Å². The molecule has 0 atom stereocenters. The van der Waals surface area contributed by atoms with Crippen molar-refractivity contribution in [1.29, 1.82) is 0 Å². The van der Waals surface area contributed by atoms with Crippen LogP contribution < -0.4 is 5.73 Å². The second-order valence-electron chi connectivity index (χ2n) is 4.86. The molecule has 4 heteroatoms. The molecule has 0 unspecified atom stereocenters. The van der Waals surface area contributed by atoms with E-state index in [0.29, 0.717) is 11.6 Å². The van der Waals surface area contributed by atoms with E-state index in [4.69, 9.17) is 5.73 Å². The van der Waals surface area contributed by atoms with Crippen LogP contribution in [0.5, 0.6) is 0 Å². The zero-order valence-corrected chi connectivity index (χ0v) is 9.10. The number of hydrogen-bond donors (Lipinski definition) is 1. The molecule has 1 aliphatic carbocycles. The number of carbonyl (C=O) groups excluding carboxylic acids is 1. The average Bonchev–Trinajstić information content (AvgIpc) is 2.96. The molecule has 4 nitrogen and oxygen atoms in total. The Morgan fingerprint density at radius 3 is 2.75 bits per heavy atom. The van der Waals surface area contributed by atoms with Crippen LogP contribution in [0.25, 0.3) is 0 Å². The fourth-order valence-electron chi connectivity index (χ4n) is 2.21. The van der Waals surface area contributed by atoms with E-state index in [0.717, 1.165) is 25.9 Å². The predicted molar refractivity (Wildman–Crippen MR) is 59.8 cm³/mol. The maximum atomic E-state index is 11.9. The zero-order chi connectivity index (χ0) is 11.2. The molecule has 1 aromatic rings. The van der Waals surface area contributed by atoms with Crippen molar-refractivity contribution in [1.82, 2.24) is 9.88 Å². The van der Waals surface area contributed by atoms with Crippen LogP contribution in [-0.4, -0.2) is 34.4 Å². The molecule has 0 aromatic carbocycles. The third-order valence-corrected chi connectivity index (χ3v) is 3.69. The number of aromatic nitrogens is 1. The van der Waals surface area contributed by atoms with E-state index in [2.05, 4.69) is 4.98 Å². The molecular formula is C12H15N3O. The van der Waals surface area contributed by atoms with E-state index in [-0.39, 0.29) is 11.4 Å². The van der Waals surface area contributed by atoms with E-state index in [1.807, 2.05) is 17.0 Å². The van der Waals surface area contributed by atoms with Crippen molar-refractivity contribution in [2.45, 2.75) is 18.4 Å². The summed E-state index contributed by atoms with van der Waals surface area (Å²) in [6, 6.07) is 5.41. The van der Waals surface area contributed by atoms with Crippen LogP contribution in [0.4, 0.5) is 0 Å². The number of amides is 1. The molecule has 1 saturated carbocycles. The third kappa shape index (κ3) is 1.50. The highest BCUT2D eigenvalue weighted by Gasteiger charge is 2.51. The summed E-state index contributed by atoms with van der Waals surface area (Å²) in [6.45, 7) is 1.60. The van der Waals surface area contributed by atoms with Gasteiger partial charge in [0.05, 0.1) is 0 Å². The summed E-state index contributed by atoms with van der Waals surface area (Å²) >= 11 is 0. The number of hydrogen-bond acceptors (Lipinski definition) is 3. The van der Waals surface area contributed by atoms with E-state index in [1.165, 1.54) is 0 Å². The van der Waals surface area contributed by atoms with Crippen molar-refractivity contribution in [3.05, 3.63) is 30.1 Å². The lowest BCUT2D eigenvalue weighted by Crippen LogP contribution is -2.57. The van der Waals surface area contributed by atoms with Gasteiger partial charge in [0.25, 0.3) is 5.91 Å². The van der Waals surface area contributed by atoms with Crippen molar-refractivity contribution in [2.75, 3.05) is 13.1 Å². The maximum absolute atomic E-state index is 11.9. The van der Waals surface area contributed by atoms with Crippen molar-refractivity contribution < 1.29 is 4.79 Å². The summed E-state index contributed by atoms with van der Waals surface area (Å²) in [4.78, 5) is 17.8. The highest BCUT2D eigenvalue weighted by atomic mass is 16.2. The van der Waals surface area contributed by atoms with Crippen LogP contribution in [0.3, 0.4) is 0 Å². The first-order chi connectivity index (χ1) is 7.69. The van der Waals surface area contributed by atoms with E-state index in [1.54, 1.807) is 12.3 Å². The number of nitrogens with zero attached hydrogens (tertiary/aromatic N) is 2. The molecule has 3 rings (SSSR count). The molecule has 1 aliphatic heterocycles. The minimum Gasteiger partial charge on any atom is -0.336 e. The summed E-state index contributed by atoms with van der Waals surface area (Å²) in [5, 5.41) is 0. The van der Waals surface area contributed by atoms with Crippen LogP contribution in [-0.2, 0) is 0 Å². The normalized spacial score (nSPS) is 22.7. The lowest BCUT2D eigenvalue weighted by atomic mass is 9.89. The first kappa shape index (κ1) is 9.78. The van der Waals surface area contributed by atoms with Gasteiger partial charge in [-0.2, -0.15) is 0 Å². The van der Waals surface area contributed by atoms with Gasteiger partial charge < -0.3 is 10.6 Å². The molecule has 1 saturated heterocycles. The van der Waals surface area contributed by atoms with Gasteiger partial charge in [-0.05, 0) is 25.0 Å². The Morgan fingerprint density at radius 1 is 1.44 bits per heavy atom. The summed E-state index contributed by atoms with van der Waals surface area (Å²) < 4.78 is 0. The van der Waals surface area contributed by atoms with Gasteiger partial charge in [-0.15, -0.1) is 0 Å². The number of pyridine rings is 1. The lowest BCUT2D eigenvalue weighted by Gasteiger charge is -2.42. The topological polar surface area (TPSA) is 59.2 Å². The average molecular weight is 217 g/mol. The number of carbonyl (C=O) groups is 1. The Hall–Kier alpha value is -1.42. The SMILES string of the molecule is NC1(C2CN(C(=O)c3ccccn3)C2)CC1. The van der Waals surface area contributed by atoms with Crippen LogP contribution in [0, 0.1) is 5.92 Å². The first-order valence-electron chi connectivity index (χ1n) is 5.68. The lowest BCUT2D eigenvalue weighted by molar-refractivity contribution is 0.0423. The molecule has 84 valence electrons. The maximum Gasteiger partial charge on any atom is 0.272 e. The summed E-state index contributed by atoms with van der Waals surface area (Å²) in [5.74, 6) is 0.529. The van der Waals surface area contributed by atoms with Gasteiger partial charge >= 0.3 is 0 Å². The van der Waals surface area contributed by atoms with Gasteiger partial charge in [0.2, 0.25) is 0 Å². The van der Waals surface area contributed by atoms with Crippen molar-refractivity contribution in [3.63, 3.8) is 0 Å². The first-order valence-corrected chi connectivity index (χ1v) is 5.68. The Balaban J connectivity index is 1.63. The predicted octanol–water partition coefficient (Wildman–Crippen LogP) is 0.645. The molecular weight excluding hydrogens is 202 g/mol. The molecule has 0 radical (unpaired) electrons. The molecule has 1 amide bonds. The largest absolute Gasteiger partial charge is 0.336 e. The fourth-order valence-corrected chi connectivity index (χ4v) is 2.21. The molecule has 2 aliphatic rings. The van der Waals surface area contributed by atoms with Crippen LogP contribution in [0.15, 0.2) is 24.4 Å². The monoisotopic (exact) mass is 217 g/mol. The Labute approximate surface area is 94.5 Å². The highest BCUT2D eigenvalue weighted by molar-refractivity contribution is 5.92. The van der Waals surface area contributed by atoms with Crippen LogP contribution in [0.2, 0.25) is 0 Å². The van der Waals surface area contributed by atoms with Gasteiger partial charge in [-0.3, -0.25) is 9.78 Å². The number of nitrogens with two attached hydrogens (primary N) is 1. The van der Waals surface area contributed by atoms with Crippen LogP contribution >= 0.6 is 0 Å². The molecule has 16 heavy (non-hydrogen) atoms. The molecule has 0 bridgehead atoms. The highest BCUT2D eigenvalue weighted by Crippen LogP contribution is 2.43. The van der Waals surface area contributed by atoms with Gasteiger partial charge in [0, 0.05) is 30.7 Å². The van der Waals surface area contributed by atoms with E-state index in [9.17, 15) is 4.79 Å². The van der Waals surface area contributed by atoms with Crippen LogP contribution in [0.1, 0.15) is 23.3 Å². The summed E-state index contributed by atoms with van der Waals surface area (Å²) in [5.41, 5.74) is 6.67. The number of likely N-dealkylation sites (tertiary alicyclic amines) is 1. The van der Waals surface area contributed by atoms with Gasteiger partial charge in [0.15, 0.2) is 0 Å². The zero-order valence-electron chi connectivity index (χ0n) is 9.10. The minimum atomic E-state index is 0.0288. The van der Waals surface area contributed by atoms with Gasteiger partial charge in [-0.25, -0.2) is 0 Å². The molecule has 2 N–H and O–H groups in total. The second kappa shape index (κ2) is 3.28. The van der Waals surface area contributed by atoms with E-state index < -0.39 is 0 Å². The van der Waals surface area contributed by atoms with E-state index >= 15 is 0 Å². The second-order valence-corrected chi connectivity index (χ2v) is 4.86. The smallest absolute Gasteiger partial charge is 0.272 e. The molecule has 2 heterocycles. The number of rotatable bonds is 2. The molecule has 0 spiro atoms. The summed E-state index contributed by atoms with van der Waals surface area (Å²) in [6.07, 6.45) is 3.88. The van der Waals surface area contributed by atoms with Gasteiger partial charge in [0.1, 0.15) is 5.69 Å². The minimum absolute atomic E-state index is 0.0288. The summed E-state index contributed by atoms with van der Waals surface area (Å²) in [7, 11) is 0. The van der Waals surface area contributed by atoms with Crippen molar-refractivity contribution >= 4 is 5.91 Å². The quantitative estimate of drug-likeness (QED) is 0.791. The standard InChI is InChI=1S/C12H15N3O/c13-12(4-5-12)9-7-15(8-9)11(16)10-3-1-2-6-14-10/h1-3,6,9H,4-5,7-8,13H2.